The minimum atomic E-state index is -0.638. The van der Waals surface area contributed by atoms with Crippen LogP contribution in [-0.4, -0.2) is 30.3 Å². The minimum Gasteiger partial charge on any atom is -0.465 e. The van der Waals surface area contributed by atoms with Gasteiger partial charge in [0.25, 0.3) is 0 Å². The molecule has 7 heteroatoms. The Balaban J connectivity index is 0.00000106. The molecule has 0 unspecified atom stereocenters. The van der Waals surface area contributed by atoms with Crippen molar-refractivity contribution in [3.8, 4) is 11.6 Å². The van der Waals surface area contributed by atoms with E-state index in [1.165, 1.54) is 37.6 Å². The Morgan fingerprint density at radius 1 is 1.33 bits per heavy atom. The molecule has 5 nitrogen and oxygen atoms in total. The molecule has 0 saturated carbocycles. The fourth-order valence-corrected chi connectivity index (χ4v) is 1.56. The lowest BCUT2D eigenvalue weighted by atomic mass is 10.2. The molecule has 0 aliphatic heterocycles. The van der Waals surface area contributed by atoms with Gasteiger partial charge in [0.05, 0.1) is 12.1 Å². The summed E-state index contributed by atoms with van der Waals surface area (Å²) in [4.78, 5) is 15.5. The summed E-state index contributed by atoms with van der Waals surface area (Å²) in [7, 11) is 2.23. The average molecular weight is 314 g/mol. The molecule has 0 aliphatic rings. The number of hydrogen-bond acceptors (Lipinski definition) is 5. The molecule has 0 amide bonds. The van der Waals surface area contributed by atoms with E-state index in [9.17, 15) is 9.18 Å². The maximum Gasteiger partial charge on any atom is 0.343 e. The number of hydrogen-bond donors (Lipinski definition) is 1. The molecule has 0 saturated heterocycles. The number of carbonyl (C=O) groups is 1. The molecule has 1 heterocycles. The van der Waals surface area contributed by atoms with Crippen molar-refractivity contribution in [2.75, 3.05) is 14.2 Å². The molecule has 1 aromatic heterocycles. The maximum atomic E-state index is 13.0. The fourth-order valence-electron chi connectivity index (χ4n) is 1.41. The van der Waals surface area contributed by atoms with Gasteiger partial charge in [0, 0.05) is 19.4 Å². The average Bonchev–Trinajstić information content (AvgIpc) is 2.50. The van der Waals surface area contributed by atoms with E-state index >= 15 is 0 Å². The van der Waals surface area contributed by atoms with Crippen LogP contribution in [0.2, 0.25) is 5.02 Å². The van der Waals surface area contributed by atoms with Gasteiger partial charge >= 0.3 is 5.97 Å². The van der Waals surface area contributed by atoms with Crippen molar-refractivity contribution in [1.29, 1.82) is 0 Å². The molecule has 2 rings (SSSR count). The monoisotopic (exact) mass is 313 g/mol. The number of carbonyl (C=O) groups excluding carboxylic acids is 1. The van der Waals surface area contributed by atoms with Crippen LogP contribution < -0.4 is 4.74 Å². The SMILES string of the molecule is CO.COC(=O)c1cc(Cl)cnc1Oc1cccc(F)c1. The van der Waals surface area contributed by atoms with Crippen molar-refractivity contribution in [3.05, 3.63) is 52.9 Å². The normalized spacial score (nSPS) is 9.38. The third-order valence-corrected chi connectivity index (χ3v) is 2.44. The molecule has 112 valence electrons. The number of aromatic nitrogens is 1. The van der Waals surface area contributed by atoms with Gasteiger partial charge in [-0.15, -0.1) is 0 Å². The lowest BCUT2D eigenvalue weighted by Crippen LogP contribution is -2.05. The summed E-state index contributed by atoms with van der Waals surface area (Å²) >= 11 is 5.76. The van der Waals surface area contributed by atoms with Gasteiger partial charge in [0.15, 0.2) is 0 Å². The smallest absolute Gasteiger partial charge is 0.343 e. The highest BCUT2D eigenvalue weighted by Gasteiger charge is 2.16. The Morgan fingerprint density at radius 2 is 2.05 bits per heavy atom. The largest absolute Gasteiger partial charge is 0.465 e. The number of methoxy groups -OCH3 is 1. The third kappa shape index (κ3) is 4.70. The van der Waals surface area contributed by atoms with Crippen LogP contribution in [-0.2, 0) is 4.74 Å². The van der Waals surface area contributed by atoms with Crippen molar-refractivity contribution in [1.82, 2.24) is 4.98 Å². The van der Waals surface area contributed by atoms with Crippen LogP contribution in [0.25, 0.3) is 0 Å². The van der Waals surface area contributed by atoms with Crippen LogP contribution in [0.3, 0.4) is 0 Å². The summed E-state index contributed by atoms with van der Waals surface area (Å²) < 4.78 is 23.0. The zero-order valence-electron chi connectivity index (χ0n) is 11.3. The highest BCUT2D eigenvalue weighted by atomic mass is 35.5. The van der Waals surface area contributed by atoms with E-state index < -0.39 is 11.8 Å². The number of aliphatic hydroxyl groups is 1. The molecule has 1 N–H and O–H groups in total. The molecule has 0 aliphatic carbocycles. The Kier molecular flexibility index (Phi) is 6.58. The van der Waals surface area contributed by atoms with E-state index in [4.69, 9.17) is 21.4 Å². The molecule has 0 radical (unpaired) electrons. The number of esters is 1. The molecule has 0 spiro atoms. The van der Waals surface area contributed by atoms with Crippen molar-refractivity contribution >= 4 is 17.6 Å². The first-order chi connectivity index (χ1) is 10.1. The number of nitrogens with zero attached hydrogens (tertiary/aromatic N) is 1. The number of halogens is 2. The Hall–Kier alpha value is -2.18. The molecular formula is C14H13ClFNO4. The number of pyridine rings is 1. The number of rotatable bonds is 3. The molecule has 2 aromatic rings. The summed E-state index contributed by atoms with van der Waals surface area (Å²) in [5.41, 5.74) is 0.0688. The quantitative estimate of drug-likeness (QED) is 0.882. The van der Waals surface area contributed by atoms with Crippen molar-refractivity contribution < 1.29 is 23.8 Å². The van der Waals surface area contributed by atoms with Crippen molar-refractivity contribution in [2.24, 2.45) is 0 Å². The van der Waals surface area contributed by atoms with E-state index in [1.54, 1.807) is 6.07 Å². The van der Waals surface area contributed by atoms with Crippen LogP contribution in [0.4, 0.5) is 4.39 Å². The van der Waals surface area contributed by atoms with Gasteiger partial charge in [0.1, 0.15) is 17.1 Å². The van der Waals surface area contributed by atoms with Crippen LogP contribution in [0.15, 0.2) is 36.5 Å². The molecule has 0 atom stereocenters. The number of aliphatic hydroxyl groups excluding tert-OH is 1. The van der Waals surface area contributed by atoms with Gasteiger partial charge in [-0.3, -0.25) is 0 Å². The van der Waals surface area contributed by atoms with Crippen LogP contribution in [0.5, 0.6) is 11.6 Å². The van der Waals surface area contributed by atoms with E-state index in [-0.39, 0.29) is 22.2 Å². The summed E-state index contributed by atoms with van der Waals surface area (Å²) in [5, 5.41) is 7.27. The summed E-state index contributed by atoms with van der Waals surface area (Å²) in [6, 6.07) is 6.86. The third-order valence-electron chi connectivity index (χ3n) is 2.23. The minimum absolute atomic E-state index is 0.00171. The zero-order valence-corrected chi connectivity index (χ0v) is 12.1. The first-order valence-electron chi connectivity index (χ1n) is 5.72. The molecular weight excluding hydrogens is 301 g/mol. The molecule has 1 aromatic carbocycles. The van der Waals surface area contributed by atoms with Gasteiger partial charge in [-0.2, -0.15) is 0 Å². The predicted octanol–water partition coefficient (Wildman–Crippen LogP) is 3.06. The van der Waals surface area contributed by atoms with E-state index in [0.717, 1.165) is 7.11 Å². The van der Waals surface area contributed by atoms with Gasteiger partial charge in [-0.05, 0) is 18.2 Å². The van der Waals surface area contributed by atoms with E-state index in [0.29, 0.717) is 0 Å². The van der Waals surface area contributed by atoms with Gasteiger partial charge in [0.2, 0.25) is 5.88 Å². The Labute approximate surface area is 125 Å². The van der Waals surface area contributed by atoms with Crippen LogP contribution >= 0.6 is 11.6 Å². The number of ether oxygens (including phenoxy) is 2. The van der Waals surface area contributed by atoms with E-state index in [2.05, 4.69) is 9.72 Å². The first kappa shape index (κ1) is 16.9. The molecule has 0 fully saturated rings. The van der Waals surface area contributed by atoms with Crippen LogP contribution in [0.1, 0.15) is 10.4 Å². The Morgan fingerprint density at radius 3 is 2.67 bits per heavy atom. The Bertz CT molecular complexity index is 622. The van der Waals surface area contributed by atoms with Crippen molar-refractivity contribution in [3.63, 3.8) is 0 Å². The summed E-state index contributed by atoms with van der Waals surface area (Å²) in [6.45, 7) is 0. The van der Waals surface area contributed by atoms with Gasteiger partial charge < -0.3 is 14.6 Å². The van der Waals surface area contributed by atoms with Gasteiger partial charge in [-0.1, -0.05) is 17.7 Å². The molecule has 21 heavy (non-hydrogen) atoms. The second-order valence-corrected chi connectivity index (χ2v) is 3.99. The fraction of sp³-hybridized carbons (Fsp3) is 0.143. The highest BCUT2D eigenvalue weighted by molar-refractivity contribution is 6.30. The highest BCUT2D eigenvalue weighted by Crippen LogP contribution is 2.26. The second-order valence-electron chi connectivity index (χ2n) is 3.56. The van der Waals surface area contributed by atoms with Crippen LogP contribution in [0, 0.1) is 5.82 Å². The van der Waals surface area contributed by atoms with Gasteiger partial charge in [-0.25, -0.2) is 14.2 Å². The lowest BCUT2D eigenvalue weighted by molar-refractivity contribution is 0.0597. The maximum absolute atomic E-state index is 13.0. The summed E-state index contributed by atoms with van der Waals surface area (Å²) in [5.74, 6) is -0.866. The lowest BCUT2D eigenvalue weighted by Gasteiger charge is -2.08. The topological polar surface area (TPSA) is 68.7 Å². The first-order valence-corrected chi connectivity index (χ1v) is 6.10. The van der Waals surface area contributed by atoms with E-state index in [1.807, 2.05) is 0 Å². The van der Waals surface area contributed by atoms with Crippen molar-refractivity contribution in [2.45, 2.75) is 0 Å². The second kappa shape index (κ2) is 8.18. The summed E-state index contributed by atoms with van der Waals surface area (Å²) in [6.07, 6.45) is 1.32. The molecule has 0 bridgehead atoms. The zero-order chi connectivity index (χ0) is 15.8. The standard InChI is InChI=1S/C13H9ClFNO3.CH4O/c1-18-13(17)11-5-8(14)7-16-12(11)19-10-4-2-3-9(15)6-10;1-2/h2-7H,1H3;2H,1H3. The predicted molar refractivity (Wildman–Crippen MR) is 75.2 cm³/mol. The number of benzene rings is 1.